The van der Waals surface area contributed by atoms with E-state index >= 15 is 0 Å². The maximum atomic E-state index is 12.7. The van der Waals surface area contributed by atoms with Gasteiger partial charge in [0.05, 0.1) is 21.3 Å². The minimum Gasteiger partial charge on any atom is -0.496 e. The van der Waals surface area contributed by atoms with Gasteiger partial charge in [-0.15, -0.1) is 0 Å². The third kappa shape index (κ3) is 5.18. The minimum absolute atomic E-state index is 0.0854. The van der Waals surface area contributed by atoms with Crippen LogP contribution in [0.5, 0.6) is 17.2 Å². The fourth-order valence-electron chi connectivity index (χ4n) is 4.62. The lowest BCUT2D eigenvalue weighted by Crippen LogP contribution is -2.42. The largest absolute Gasteiger partial charge is 0.496 e. The molecule has 2 aromatic carbocycles. The van der Waals surface area contributed by atoms with E-state index in [2.05, 4.69) is 43.1 Å². The van der Waals surface area contributed by atoms with Gasteiger partial charge in [-0.1, -0.05) is 6.07 Å². The zero-order valence-corrected chi connectivity index (χ0v) is 20.2. The number of hydrogen-bond donors (Lipinski definition) is 1. The number of methoxy groups -OCH3 is 3. The number of carbonyl (C=O) groups is 1. The van der Waals surface area contributed by atoms with Crippen LogP contribution in [0.25, 0.3) is 0 Å². The first kappa shape index (κ1) is 23.9. The molecular weight excluding hydrogens is 404 g/mol. The molecule has 1 heterocycles. The second-order valence-electron chi connectivity index (χ2n) is 8.57. The van der Waals surface area contributed by atoms with E-state index < -0.39 is 0 Å². The van der Waals surface area contributed by atoms with Gasteiger partial charge in [0, 0.05) is 24.7 Å². The fourth-order valence-corrected chi connectivity index (χ4v) is 4.62. The third-order valence-corrected chi connectivity index (χ3v) is 6.74. The molecule has 1 N–H and O–H groups in total. The van der Waals surface area contributed by atoms with E-state index in [0.29, 0.717) is 35.6 Å². The molecule has 174 valence electrons. The molecule has 1 saturated heterocycles. The summed E-state index contributed by atoms with van der Waals surface area (Å²) in [5.41, 5.74) is 4.42. The number of carbonyl (C=O) groups excluding carboxylic acids is 1. The smallest absolute Gasteiger partial charge is 0.251 e. The number of rotatable bonds is 8. The van der Waals surface area contributed by atoms with Gasteiger partial charge in [-0.25, -0.2) is 0 Å². The molecule has 1 aliphatic rings. The van der Waals surface area contributed by atoms with Crippen molar-refractivity contribution in [3.05, 3.63) is 52.6 Å². The summed E-state index contributed by atoms with van der Waals surface area (Å²) in [5.74, 6) is 2.45. The number of benzene rings is 2. The highest BCUT2D eigenvalue weighted by atomic mass is 16.5. The van der Waals surface area contributed by atoms with E-state index in [4.69, 9.17) is 14.2 Å². The second kappa shape index (κ2) is 10.7. The monoisotopic (exact) mass is 440 g/mol. The minimum atomic E-state index is -0.0854. The zero-order valence-electron chi connectivity index (χ0n) is 20.2. The van der Waals surface area contributed by atoms with Crippen LogP contribution in [-0.2, 0) is 0 Å². The lowest BCUT2D eigenvalue weighted by molar-refractivity contribution is 0.0917. The lowest BCUT2D eigenvalue weighted by atomic mass is 9.92. The van der Waals surface area contributed by atoms with Crippen molar-refractivity contribution in [2.75, 3.05) is 41.0 Å². The highest BCUT2D eigenvalue weighted by Crippen LogP contribution is 2.33. The van der Waals surface area contributed by atoms with E-state index in [1.807, 2.05) is 0 Å². The molecule has 6 heteroatoms. The van der Waals surface area contributed by atoms with Gasteiger partial charge in [-0.3, -0.25) is 9.69 Å². The Morgan fingerprint density at radius 1 is 1.03 bits per heavy atom. The maximum Gasteiger partial charge on any atom is 0.251 e. The van der Waals surface area contributed by atoms with Crippen molar-refractivity contribution in [1.82, 2.24) is 10.2 Å². The molecule has 0 spiro atoms. The molecular formula is C26H36N2O4. The van der Waals surface area contributed by atoms with Gasteiger partial charge < -0.3 is 19.5 Å². The summed E-state index contributed by atoms with van der Waals surface area (Å²) in [6, 6.07) is 9.83. The number of amides is 1. The van der Waals surface area contributed by atoms with Crippen LogP contribution in [-0.4, -0.2) is 51.8 Å². The van der Waals surface area contributed by atoms with Crippen molar-refractivity contribution < 1.29 is 19.0 Å². The summed E-state index contributed by atoms with van der Waals surface area (Å²) in [6.45, 7) is 9.28. The number of nitrogens with zero attached hydrogens (tertiary/aromatic N) is 1. The Kier molecular flexibility index (Phi) is 8.02. The van der Waals surface area contributed by atoms with Crippen molar-refractivity contribution in [2.24, 2.45) is 5.92 Å². The molecule has 6 nitrogen and oxygen atoms in total. The standard InChI is InChI=1S/C26H36N2O4/c1-17-18(2)23(30-4)12-10-22(17)19(3)28-13-7-8-20(16-28)15-27-26(29)21-9-11-24(31-5)25(14-21)32-6/h9-12,14,19-20H,7-8,13,15-16H2,1-6H3,(H,27,29). The number of nitrogens with one attached hydrogen (secondary N) is 1. The van der Waals surface area contributed by atoms with Crippen LogP contribution in [0.15, 0.2) is 30.3 Å². The Bertz CT molecular complexity index is 944. The molecule has 0 aromatic heterocycles. The molecule has 2 aromatic rings. The van der Waals surface area contributed by atoms with Gasteiger partial charge in [0.25, 0.3) is 5.91 Å². The highest BCUT2D eigenvalue weighted by Gasteiger charge is 2.26. The van der Waals surface area contributed by atoms with Crippen LogP contribution in [0, 0.1) is 19.8 Å². The van der Waals surface area contributed by atoms with Gasteiger partial charge in [0.1, 0.15) is 5.75 Å². The van der Waals surface area contributed by atoms with E-state index in [0.717, 1.165) is 31.7 Å². The van der Waals surface area contributed by atoms with Crippen LogP contribution >= 0.6 is 0 Å². The summed E-state index contributed by atoms with van der Waals surface area (Å²) in [7, 11) is 4.88. The number of likely N-dealkylation sites (tertiary alicyclic amines) is 1. The van der Waals surface area contributed by atoms with Crippen LogP contribution in [0.2, 0.25) is 0 Å². The Morgan fingerprint density at radius 3 is 2.41 bits per heavy atom. The molecule has 32 heavy (non-hydrogen) atoms. The molecule has 0 radical (unpaired) electrons. The Balaban J connectivity index is 1.62. The Hall–Kier alpha value is -2.73. The Morgan fingerprint density at radius 2 is 1.72 bits per heavy atom. The van der Waals surface area contributed by atoms with Crippen LogP contribution < -0.4 is 19.5 Å². The van der Waals surface area contributed by atoms with E-state index in [1.54, 1.807) is 39.5 Å². The fraction of sp³-hybridized carbons (Fsp3) is 0.500. The first-order chi connectivity index (χ1) is 15.4. The van der Waals surface area contributed by atoms with Crippen molar-refractivity contribution in [3.63, 3.8) is 0 Å². The highest BCUT2D eigenvalue weighted by molar-refractivity contribution is 5.94. The predicted molar refractivity (Wildman–Crippen MR) is 127 cm³/mol. The van der Waals surface area contributed by atoms with Gasteiger partial charge >= 0.3 is 0 Å². The van der Waals surface area contributed by atoms with Crippen molar-refractivity contribution in [2.45, 2.75) is 39.7 Å². The first-order valence-electron chi connectivity index (χ1n) is 11.3. The molecule has 1 aliphatic heterocycles. The molecule has 2 atom stereocenters. The molecule has 0 aliphatic carbocycles. The molecule has 0 bridgehead atoms. The second-order valence-corrected chi connectivity index (χ2v) is 8.57. The molecule has 0 saturated carbocycles. The zero-order chi connectivity index (χ0) is 23.3. The molecule has 1 amide bonds. The van der Waals surface area contributed by atoms with E-state index in [1.165, 1.54) is 16.7 Å². The van der Waals surface area contributed by atoms with Crippen molar-refractivity contribution >= 4 is 5.91 Å². The van der Waals surface area contributed by atoms with Crippen LogP contribution in [0.4, 0.5) is 0 Å². The maximum absolute atomic E-state index is 12.7. The topological polar surface area (TPSA) is 60.0 Å². The average Bonchev–Trinajstić information content (AvgIpc) is 2.83. The van der Waals surface area contributed by atoms with Crippen LogP contribution in [0.3, 0.4) is 0 Å². The predicted octanol–water partition coefficient (Wildman–Crippen LogP) is 4.53. The van der Waals surface area contributed by atoms with Gasteiger partial charge in [-0.05, 0) is 87.0 Å². The average molecular weight is 441 g/mol. The van der Waals surface area contributed by atoms with Gasteiger partial charge in [0.2, 0.25) is 0 Å². The van der Waals surface area contributed by atoms with E-state index in [9.17, 15) is 4.79 Å². The third-order valence-electron chi connectivity index (χ3n) is 6.74. The summed E-state index contributed by atoms with van der Waals surface area (Å²) >= 11 is 0. The van der Waals surface area contributed by atoms with Crippen LogP contribution in [0.1, 0.15) is 52.9 Å². The molecule has 1 fully saturated rings. The SMILES string of the molecule is COc1ccc(C(=O)NCC2CCCN(C(C)c3ccc(OC)c(C)c3C)C2)cc1OC. The number of ether oxygens (including phenoxy) is 3. The normalized spacial score (nSPS) is 17.5. The van der Waals surface area contributed by atoms with Crippen molar-refractivity contribution in [1.29, 1.82) is 0 Å². The van der Waals surface area contributed by atoms with Crippen molar-refractivity contribution in [3.8, 4) is 17.2 Å². The number of piperidine rings is 1. The van der Waals surface area contributed by atoms with E-state index in [-0.39, 0.29) is 5.91 Å². The Labute approximate surface area is 191 Å². The lowest BCUT2D eigenvalue weighted by Gasteiger charge is -2.38. The summed E-state index contributed by atoms with van der Waals surface area (Å²) in [5, 5.41) is 3.11. The molecule has 2 unspecified atom stereocenters. The summed E-state index contributed by atoms with van der Waals surface area (Å²) in [4.78, 5) is 15.2. The quantitative estimate of drug-likeness (QED) is 0.653. The summed E-state index contributed by atoms with van der Waals surface area (Å²) in [6.07, 6.45) is 2.26. The molecule has 3 rings (SSSR count). The number of hydrogen-bond acceptors (Lipinski definition) is 5. The first-order valence-corrected chi connectivity index (χ1v) is 11.3. The van der Waals surface area contributed by atoms with Gasteiger partial charge in [-0.2, -0.15) is 0 Å². The van der Waals surface area contributed by atoms with Gasteiger partial charge in [0.15, 0.2) is 11.5 Å². The summed E-state index contributed by atoms with van der Waals surface area (Å²) < 4.78 is 16.0.